The van der Waals surface area contributed by atoms with Gasteiger partial charge in [-0.1, -0.05) is 13.0 Å². The molecule has 2 unspecified atom stereocenters. The van der Waals surface area contributed by atoms with Crippen LogP contribution >= 0.6 is 15.9 Å². The van der Waals surface area contributed by atoms with Crippen LogP contribution in [0.1, 0.15) is 18.9 Å². The minimum absolute atomic E-state index is 0.274. The minimum Gasteiger partial charge on any atom is -0.391 e. The van der Waals surface area contributed by atoms with Crippen molar-refractivity contribution in [3.63, 3.8) is 0 Å². The molecule has 18 heavy (non-hydrogen) atoms. The number of aliphatic hydroxyl groups is 1. The summed E-state index contributed by atoms with van der Waals surface area (Å²) in [6, 6.07) is 3.57. The van der Waals surface area contributed by atoms with Gasteiger partial charge in [-0.3, -0.25) is 0 Å². The second-order valence-corrected chi connectivity index (χ2v) is 5.65. The summed E-state index contributed by atoms with van der Waals surface area (Å²) in [6.07, 6.45) is 0.475. The van der Waals surface area contributed by atoms with Crippen molar-refractivity contribution in [2.45, 2.75) is 26.0 Å². The van der Waals surface area contributed by atoms with Gasteiger partial charge in [0.25, 0.3) is 0 Å². The van der Waals surface area contributed by atoms with Gasteiger partial charge >= 0.3 is 0 Å². The van der Waals surface area contributed by atoms with E-state index in [0.29, 0.717) is 23.2 Å². The number of hydrogen-bond donors (Lipinski definition) is 2. The zero-order valence-corrected chi connectivity index (χ0v) is 12.0. The van der Waals surface area contributed by atoms with Crippen LogP contribution in [0.5, 0.6) is 0 Å². The van der Waals surface area contributed by atoms with E-state index in [1.807, 2.05) is 17.9 Å². The lowest BCUT2D eigenvalue weighted by Crippen LogP contribution is -2.43. The van der Waals surface area contributed by atoms with E-state index < -0.39 is 6.10 Å². The van der Waals surface area contributed by atoms with Gasteiger partial charge in [-0.25, -0.2) is 4.39 Å². The van der Waals surface area contributed by atoms with Crippen LogP contribution < -0.4 is 10.6 Å². The molecule has 1 aliphatic heterocycles. The maximum absolute atomic E-state index is 14.2. The third kappa shape index (κ3) is 2.53. The van der Waals surface area contributed by atoms with Gasteiger partial charge in [-0.05, 0) is 39.9 Å². The van der Waals surface area contributed by atoms with Crippen LogP contribution in [0.25, 0.3) is 0 Å². The quantitative estimate of drug-likeness (QED) is 0.880. The standard InChI is InChI=1S/C13H18BrFN2O/c1-8-4-5-17(7-11(8)18)10-3-2-9(6-16)12(14)13(10)15/h2-3,8,11,18H,4-7,16H2,1H3. The zero-order chi connectivity index (χ0) is 13.3. The van der Waals surface area contributed by atoms with Crippen molar-refractivity contribution in [1.29, 1.82) is 0 Å². The maximum Gasteiger partial charge on any atom is 0.160 e. The Morgan fingerprint density at radius 2 is 2.28 bits per heavy atom. The van der Waals surface area contributed by atoms with Gasteiger partial charge in [0.2, 0.25) is 0 Å². The molecule has 3 nitrogen and oxygen atoms in total. The van der Waals surface area contributed by atoms with E-state index in [-0.39, 0.29) is 11.7 Å². The number of rotatable bonds is 2. The highest BCUT2D eigenvalue weighted by atomic mass is 79.9. The van der Waals surface area contributed by atoms with E-state index in [1.54, 1.807) is 6.07 Å². The number of aliphatic hydroxyl groups excluding tert-OH is 1. The summed E-state index contributed by atoms with van der Waals surface area (Å²) in [5.41, 5.74) is 6.82. The average Bonchev–Trinajstić information content (AvgIpc) is 2.36. The first kappa shape index (κ1) is 13.8. The second kappa shape index (κ2) is 5.55. The first-order valence-electron chi connectivity index (χ1n) is 6.14. The third-order valence-electron chi connectivity index (χ3n) is 3.62. The molecule has 0 bridgehead atoms. The number of anilines is 1. The molecule has 100 valence electrons. The maximum atomic E-state index is 14.2. The van der Waals surface area contributed by atoms with Crippen LogP contribution in [-0.2, 0) is 6.54 Å². The molecule has 0 spiro atoms. The van der Waals surface area contributed by atoms with E-state index in [4.69, 9.17) is 5.73 Å². The topological polar surface area (TPSA) is 49.5 Å². The fourth-order valence-corrected chi connectivity index (χ4v) is 2.75. The molecule has 0 amide bonds. The van der Waals surface area contributed by atoms with Crippen molar-refractivity contribution in [3.8, 4) is 0 Å². The van der Waals surface area contributed by atoms with Gasteiger partial charge in [0.05, 0.1) is 16.3 Å². The summed E-state index contributed by atoms with van der Waals surface area (Å²) in [5, 5.41) is 9.87. The average molecular weight is 317 g/mol. The number of piperidine rings is 1. The van der Waals surface area contributed by atoms with Crippen LogP contribution in [-0.4, -0.2) is 24.3 Å². The van der Waals surface area contributed by atoms with Crippen molar-refractivity contribution in [2.24, 2.45) is 11.7 Å². The molecule has 1 aromatic rings. The Bertz CT molecular complexity index is 441. The summed E-state index contributed by atoms with van der Waals surface area (Å²) < 4.78 is 14.7. The highest BCUT2D eigenvalue weighted by Gasteiger charge is 2.26. The number of hydrogen-bond acceptors (Lipinski definition) is 3. The van der Waals surface area contributed by atoms with E-state index in [2.05, 4.69) is 15.9 Å². The molecule has 0 saturated carbocycles. The van der Waals surface area contributed by atoms with Crippen molar-refractivity contribution in [2.75, 3.05) is 18.0 Å². The Morgan fingerprint density at radius 3 is 2.89 bits per heavy atom. The molecular formula is C13H18BrFN2O. The zero-order valence-electron chi connectivity index (χ0n) is 10.4. The second-order valence-electron chi connectivity index (χ2n) is 4.86. The Balaban J connectivity index is 2.26. The number of nitrogens with two attached hydrogens (primary N) is 1. The van der Waals surface area contributed by atoms with E-state index in [9.17, 15) is 9.50 Å². The molecular weight excluding hydrogens is 299 g/mol. The van der Waals surface area contributed by atoms with Crippen LogP contribution in [0.3, 0.4) is 0 Å². The SMILES string of the molecule is CC1CCN(c2ccc(CN)c(Br)c2F)CC1O. The van der Waals surface area contributed by atoms with Gasteiger partial charge in [-0.15, -0.1) is 0 Å². The lowest BCUT2D eigenvalue weighted by atomic mass is 9.95. The molecule has 0 aromatic heterocycles. The van der Waals surface area contributed by atoms with Crippen LogP contribution in [0.15, 0.2) is 16.6 Å². The summed E-state index contributed by atoms with van der Waals surface area (Å²) in [6.45, 7) is 3.57. The van der Waals surface area contributed by atoms with Gasteiger partial charge < -0.3 is 15.7 Å². The molecule has 1 fully saturated rings. The van der Waals surface area contributed by atoms with Crippen LogP contribution in [0.2, 0.25) is 0 Å². The normalized spacial score (nSPS) is 24.4. The van der Waals surface area contributed by atoms with Crippen molar-refractivity contribution < 1.29 is 9.50 Å². The lowest BCUT2D eigenvalue weighted by molar-refractivity contribution is 0.102. The van der Waals surface area contributed by atoms with Crippen LogP contribution in [0.4, 0.5) is 10.1 Å². The fourth-order valence-electron chi connectivity index (χ4n) is 2.25. The van der Waals surface area contributed by atoms with Gasteiger partial charge in [0.1, 0.15) is 0 Å². The number of halogens is 2. The van der Waals surface area contributed by atoms with E-state index in [1.165, 1.54) is 0 Å². The largest absolute Gasteiger partial charge is 0.391 e. The van der Waals surface area contributed by atoms with Gasteiger partial charge in [0, 0.05) is 19.6 Å². The summed E-state index contributed by atoms with van der Waals surface area (Å²) in [4.78, 5) is 1.89. The Kier molecular flexibility index (Phi) is 4.25. The van der Waals surface area contributed by atoms with E-state index in [0.717, 1.165) is 18.5 Å². The van der Waals surface area contributed by atoms with Gasteiger partial charge in [-0.2, -0.15) is 0 Å². The highest BCUT2D eigenvalue weighted by Crippen LogP contribution is 2.31. The highest BCUT2D eigenvalue weighted by molar-refractivity contribution is 9.10. The molecule has 2 atom stereocenters. The molecule has 1 aromatic carbocycles. The molecule has 5 heteroatoms. The predicted molar refractivity (Wildman–Crippen MR) is 74.0 cm³/mol. The summed E-state index contributed by atoms with van der Waals surface area (Å²) >= 11 is 3.24. The van der Waals surface area contributed by atoms with Crippen molar-refractivity contribution in [3.05, 3.63) is 28.0 Å². The number of β-amino-alcohol motifs (C(OH)–C–C–N with tert-alkyl or cyclic N) is 1. The molecule has 1 aliphatic rings. The molecule has 3 N–H and O–H groups in total. The predicted octanol–water partition coefficient (Wildman–Crippen LogP) is 2.25. The molecule has 0 radical (unpaired) electrons. The Morgan fingerprint density at radius 1 is 1.56 bits per heavy atom. The molecule has 2 rings (SSSR count). The minimum atomic E-state index is -0.397. The third-order valence-corrected chi connectivity index (χ3v) is 4.48. The molecule has 1 heterocycles. The monoisotopic (exact) mass is 316 g/mol. The number of benzene rings is 1. The first-order valence-corrected chi connectivity index (χ1v) is 6.93. The van der Waals surface area contributed by atoms with Crippen molar-refractivity contribution in [1.82, 2.24) is 0 Å². The Hall–Kier alpha value is -0.650. The number of nitrogens with zero attached hydrogens (tertiary/aromatic N) is 1. The van der Waals surface area contributed by atoms with Crippen molar-refractivity contribution >= 4 is 21.6 Å². The van der Waals surface area contributed by atoms with Gasteiger partial charge in [0.15, 0.2) is 5.82 Å². The summed E-state index contributed by atoms with van der Waals surface area (Å²) in [7, 11) is 0. The van der Waals surface area contributed by atoms with E-state index >= 15 is 0 Å². The molecule has 0 aliphatic carbocycles. The molecule has 1 saturated heterocycles. The first-order chi connectivity index (χ1) is 8.54. The smallest absolute Gasteiger partial charge is 0.160 e. The Labute approximate surface area is 115 Å². The van der Waals surface area contributed by atoms with Crippen LogP contribution in [0, 0.1) is 11.7 Å². The summed E-state index contributed by atoms with van der Waals surface area (Å²) in [5.74, 6) is -0.0178. The lowest BCUT2D eigenvalue weighted by Gasteiger charge is -2.36. The fraction of sp³-hybridized carbons (Fsp3) is 0.538.